The van der Waals surface area contributed by atoms with Gasteiger partial charge in [-0.15, -0.1) is 0 Å². The second-order valence-electron chi connectivity index (χ2n) is 5.14. The van der Waals surface area contributed by atoms with Crippen molar-refractivity contribution in [2.45, 2.75) is 50.6 Å². The summed E-state index contributed by atoms with van der Waals surface area (Å²) in [6, 6.07) is 5.96. The molecule has 0 saturated heterocycles. The van der Waals surface area contributed by atoms with Gasteiger partial charge in [0.05, 0.1) is 4.90 Å². The number of rotatable bonds is 7. The molecule has 1 saturated carbocycles. The zero-order valence-corrected chi connectivity index (χ0v) is 12.4. The van der Waals surface area contributed by atoms with Crippen molar-refractivity contribution >= 4 is 10.0 Å². The van der Waals surface area contributed by atoms with E-state index in [0.29, 0.717) is 17.5 Å². The third-order valence-corrected chi connectivity index (χ3v) is 4.79. The molecule has 1 aliphatic carbocycles. The van der Waals surface area contributed by atoms with Crippen LogP contribution < -0.4 is 10.0 Å². The Bertz CT molecular complexity index is 536. The van der Waals surface area contributed by atoms with Gasteiger partial charge in [-0.1, -0.05) is 13.0 Å². The van der Waals surface area contributed by atoms with Crippen LogP contribution in [0.2, 0.25) is 0 Å². The second kappa shape index (κ2) is 6.03. The maximum absolute atomic E-state index is 12.1. The van der Waals surface area contributed by atoms with Crippen LogP contribution in [0, 0.1) is 6.92 Å². The van der Waals surface area contributed by atoms with Gasteiger partial charge in [-0.3, -0.25) is 0 Å². The van der Waals surface area contributed by atoms with Crippen LogP contribution in [-0.4, -0.2) is 21.0 Å². The lowest BCUT2D eigenvalue weighted by Gasteiger charge is -2.11. The Morgan fingerprint density at radius 3 is 2.68 bits per heavy atom. The quantitative estimate of drug-likeness (QED) is 0.803. The summed E-state index contributed by atoms with van der Waals surface area (Å²) in [6.45, 7) is 5.18. The first-order valence-electron chi connectivity index (χ1n) is 6.85. The molecule has 2 rings (SSSR count). The molecule has 0 spiro atoms. The third-order valence-electron chi connectivity index (χ3n) is 3.33. The van der Waals surface area contributed by atoms with Crippen LogP contribution >= 0.6 is 0 Å². The van der Waals surface area contributed by atoms with E-state index in [0.717, 1.165) is 24.1 Å². The average molecular weight is 282 g/mol. The van der Waals surface area contributed by atoms with Gasteiger partial charge in [-0.05, 0) is 49.4 Å². The maximum atomic E-state index is 12.1. The fourth-order valence-corrected chi connectivity index (χ4v) is 3.05. The maximum Gasteiger partial charge on any atom is 0.240 e. The van der Waals surface area contributed by atoms with Crippen LogP contribution in [0.1, 0.15) is 37.3 Å². The molecule has 0 bridgehead atoms. The van der Waals surface area contributed by atoms with Gasteiger partial charge in [-0.2, -0.15) is 0 Å². The molecule has 1 aliphatic rings. The minimum Gasteiger partial charge on any atom is -0.310 e. The van der Waals surface area contributed by atoms with Crippen molar-refractivity contribution in [2.24, 2.45) is 0 Å². The zero-order chi connectivity index (χ0) is 13.9. The molecule has 5 heteroatoms. The van der Waals surface area contributed by atoms with Gasteiger partial charge in [0.25, 0.3) is 0 Å². The van der Waals surface area contributed by atoms with Crippen molar-refractivity contribution in [2.75, 3.05) is 6.54 Å². The monoisotopic (exact) mass is 282 g/mol. The number of sulfonamides is 1. The highest BCUT2D eigenvalue weighted by Gasteiger charge is 2.21. The first-order valence-corrected chi connectivity index (χ1v) is 8.34. The molecule has 1 aromatic carbocycles. The van der Waals surface area contributed by atoms with E-state index in [9.17, 15) is 8.42 Å². The van der Waals surface area contributed by atoms with E-state index in [1.807, 2.05) is 19.9 Å². The zero-order valence-electron chi connectivity index (χ0n) is 11.6. The van der Waals surface area contributed by atoms with E-state index in [1.54, 1.807) is 12.1 Å². The summed E-state index contributed by atoms with van der Waals surface area (Å²) >= 11 is 0. The number of hydrogen-bond acceptors (Lipinski definition) is 3. The molecule has 0 aromatic heterocycles. The van der Waals surface area contributed by atoms with Gasteiger partial charge in [-0.25, -0.2) is 13.1 Å². The van der Waals surface area contributed by atoms with E-state index in [4.69, 9.17) is 0 Å². The van der Waals surface area contributed by atoms with Crippen LogP contribution in [0.4, 0.5) is 0 Å². The normalized spacial score (nSPS) is 15.7. The number of benzene rings is 1. The van der Waals surface area contributed by atoms with E-state index in [2.05, 4.69) is 10.0 Å². The van der Waals surface area contributed by atoms with Gasteiger partial charge >= 0.3 is 0 Å². The fourth-order valence-electron chi connectivity index (χ4n) is 1.87. The number of nitrogens with one attached hydrogen (secondary N) is 2. The molecule has 1 fully saturated rings. The third kappa shape index (κ3) is 4.03. The van der Waals surface area contributed by atoms with Crippen LogP contribution in [0.15, 0.2) is 23.1 Å². The Morgan fingerprint density at radius 2 is 2.05 bits per heavy atom. The van der Waals surface area contributed by atoms with Gasteiger partial charge in [0.15, 0.2) is 0 Å². The minimum absolute atomic E-state index is 0.360. The largest absolute Gasteiger partial charge is 0.310 e. The standard InChI is InChI=1S/C14H22N2O2S/c1-3-8-16-19(17,18)14-7-4-11(2)12(9-14)10-15-13-5-6-13/h4,7,9,13,15-16H,3,5-6,8,10H2,1-2H3. The molecule has 0 amide bonds. The van der Waals surface area contributed by atoms with Crippen molar-refractivity contribution in [1.29, 1.82) is 0 Å². The summed E-state index contributed by atoms with van der Waals surface area (Å²) in [5, 5.41) is 3.42. The van der Waals surface area contributed by atoms with Gasteiger partial charge in [0.1, 0.15) is 0 Å². The number of hydrogen-bond donors (Lipinski definition) is 2. The van der Waals surface area contributed by atoms with Crippen LogP contribution in [0.25, 0.3) is 0 Å². The molecule has 19 heavy (non-hydrogen) atoms. The smallest absolute Gasteiger partial charge is 0.240 e. The first kappa shape index (κ1) is 14.5. The van der Waals surface area contributed by atoms with E-state index >= 15 is 0 Å². The molecule has 0 heterocycles. The molecule has 4 nitrogen and oxygen atoms in total. The molecular weight excluding hydrogens is 260 g/mol. The number of aryl methyl sites for hydroxylation is 1. The Kier molecular flexibility index (Phi) is 4.60. The van der Waals surface area contributed by atoms with Gasteiger partial charge in [0.2, 0.25) is 10.0 Å². The Balaban J connectivity index is 2.14. The van der Waals surface area contributed by atoms with Crippen molar-refractivity contribution in [3.8, 4) is 0 Å². The Labute approximate surface area is 115 Å². The van der Waals surface area contributed by atoms with Crippen molar-refractivity contribution in [3.63, 3.8) is 0 Å². The predicted octanol–water partition coefficient (Wildman–Crippen LogP) is 1.94. The SMILES string of the molecule is CCCNS(=O)(=O)c1ccc(C)c(CNC2CC2)c1. The molecule has 0 radical (unpaired) electrons. The van der Waals surface area contributed by atoms with E-state index in [1.165, 1.54) is 12.8 Å². The summed E-state index contributed by atoms with van der Waals surface area (Å²) in [6.07, 6.45) is 3.26. The van der Waals surface area contributed by atoms with Crippen LogP contribution in [0.5, 0.6) is 0 Å². The minimum atomic E-state index is -3.36. The Hall–Kier alpha value is -0.910. The topological polar surface area (TPSA) is 58.2 Å². The highest BCUT2D eigenvalue weighted by Crippen LogP contribution is 2.21. The van der Waals surface area contributed by atoms with Crippen LogP contribution in [-0.2, 0) is 16.6 Å². The van der Waals surface area contributed by atoms with Gasteiger partial charge < -0.3 is 5.32 Å². The fraction of sp³-hybridized carbons (Fsp3) is 0.571. The summed E-state index contributed by atoms with van der Waals surface area (Å²) < 4.78 is 26.7. The molecule has 106 valence electrons. The second-order valence-corrected chi connectivity index (χ2v) is 6.91. The Morgan fingerprint density at radius 1 is 1.32 bits per heavy atom. The summed E-state index contributed by atoms with van der Waals surface area (Å²) in [7, 11) is -3.36. The summed E-state index contributed by atoms with van der Waals surface area (Å²) in [5.41, 5.74) is 2.19. The highest BCUT2D eigenvalue weighted by molar-refractivity contribution is 7.89. The molecular formula is C14H22N2O2S. The van der Waals surface area contributed by atoms with Crippen molar-refractivity contribution in [1.82, 2.24) is 10.0 Å². The lowest BCUT2D eigenvalue weighted by Crippen LogP contribution is -2.25. The molecule has 0 unspecified atom stereocenters. The lowest BCUT2D eigenvalue weighted by molar-refractivity contribution is 0.580. The highest BCUT2D eigenvalue weighted by atomic mass is 32.2. The molecule has 1 aromatic rings. The molecule has 0 atom stereocenters. The van der Waals surface area contributed by atoms with Crippen molar-refractivity contribution < 1.29 is 8.42 Å². The van der Waals surface area contributed by atoms with E-state index in [-0.39, 0.29) is 0 Å². The molecule has 0 aliphatic heterocycles. The predicted molar refractivity (Wildman–Crippen MR) is 76.5 cm³/mol. The van der Waals surface area contributed by atoms with Crippen LogP contribution in [0.3, 0.4) is 0 Å². The summed E-state index contributed by atoms with van der Waals surface area (Å²) in [5.74, 6) is 0. The summed E-state index contributed by atoms with van der Waals surface area (Å²) in [4.78, 5) is 0.360. The lowest BCUT2D eigenvalue weighted by atomic mass is 10.1. The first-order chi connectivity index (χ1) is 9.03. The van der Waals surface area contributed by atoms with Crippen molar-refractivity contribution in [3.05, 3.63) is 29.3 Å². The van der Waals surface area contributed by atoms with E-state index < -0.39 is 10.0 Å². The van der Waals surface area contributed by atoms with Gasteiger partial charge in [0, 0.05) is 19.1 Å². The average Bonchev–Trinajstić information content (AvgIpc) is 3.19. The molecule has 2 N–H and O–H groups in total.